The van der Waals surface area contributed by atoms with Gasteiger partial charge in [-0.25, -0.2) is 0 Å². The van der Waals surface area contributed by atoms with Gasteiger partial charge in [-0.05, 0) is 13.8 Å². The van der Waals surface area contributed by atoms with Crippen LogP contribution in [-0.4, -0.2) is 23.4 Å². The molecule has 1 aliphatic heterocycles. The van der Waals surface area contributed by atoms with Crippen LogP contribution in [-0.2, 0) is 9.47 Å². The van der Waals surface area contributed by atoms with Gasteiger partial charge in [-0.1, -0.05) is 22.6 Å². The zero-order valence-electron chi connectivity index (χ0n) is 6.39. The Morgan fingerprint density at radius 2 is 1.90 bits per heavy atom. The zero-order valence-corrected chi connectivity index (χ0v) is 8.55. The van der Waals surface area contributed by atoms with Gasteiger partial charge in [0.05, 0.1) is 13.2 Å². The molecule has 0 amide bonds. The molecule has 2 nitrogen and oxygen atoms in total. The largest absolute Gasteiger partial charge is 0.350 e. The Hall–Kier alpha value is 0.650. The molecule has 0 aromatic carbocycles. The molecule has 0 saturated carbocycles. The Bertz CT molecular complexity index is 104. The van der Waals surface area contributed by atoms with Crippen molar-refractivity contribution < 1.29 is 9.47 Å². The molecule has 0 unspecified atom stereocenters. The molecule has 0 atom stereocenters. The van der Waals surface area contributed by atoms with Crippen molar-refractivity contribution >= 4 is 22.6 Å². The molecule has 0 N–H and O–H groups in total. The number of hydrogen-bond acceptors (Lipinski definition) is 2. The highest BCUT2D eigenvalue weighted by atomic mass is 127. The van der Waals surface area contributed by atoms with Crippen LogP contribution in [0.15, 0.2) is 0 Å². The van der Waals surface area contributed by atoms with E-state index in [1.165, 1.54) is 0 Å². The third-order valence-corrected chi connectivity index (χ3v) is 2.80. The second kappa shape index (κ2) is 3.36. The van der Waals surface area contributed by atoms with Gasteiger partial charge >= 0.3 is 0 Å². The van der Waals surface area contributed by atoms with Crippen LogP contribution >= 0.6 is 22.6 Å². The van der Waals surface area contributed by atoms with Crippen LogP contribution in [0.4, 0.5) is 0 Å². The van der Waals surface area contributed by atoms with Crippen LogP contribution in [0.25, 0.3) is 0 Å². The first-order valence-electron chi connectivity index (χ1n) is 3.48. The van der Waals surface area contributed by atoms with Crippen molar-refractivity contribution in [2.45, 2.75) is 19.6 Å². The molecule has 60 valence electrons. The highest BCUT2D eigenvalue weighted by Gasteiger charge is 2.27. The van der Waals surface area contributed by atoms with E-state index in [0.29, 0.717) is 5.92 Å². The Morgan fingerprint density at radius 3 is 2.30 bits per heavy atom. The van der Waals surface area contributed by atoms with E-state index >= 15 is 0 Å². The molecule has 10 heavy (non-hydrogen) atoms. The Labute approximate surface area is 75.4 Å². The normalized spacial score (nSPS) is 26.7. The van der Waals surface area contributed by atoms with Crippen molar-refractivity contribution in [3.63, 3.8) is 0 Å². The third kappa shape index (κ3) is 2.36. The highest BCUT2D eigenvalue weighted by Crippen LogP contribution is 2.21. The smallest absolute Gasteiger partial charge is 0.162 e. The molecule has 1 aliphatic rings. The van der Waals surface area contributed by atoms with Crippen LogP contribution in [0.2, 0.25) is 0 Å². The lowest BCUT2D eigenvalue weighted by molar-refractivity contribution is -0.258. The van der Waals surface area contributed by atoms with Gasteiger partial charge in [0.25, 0.3) is 0 Å². The van der Waals surface area contributed by atoms with E-state index < -0.39 is 0 Å². The fourth-order valence-electron chi connectivity index (χ4n) is 0.816. The van der Waals surface area contributed by atoms with E-state index in [2.05, 4.69) is 22.6 Å². The number of ether oxygens (including phenoxy) is 2. The SMILES string of the molecule is CC1(C)OCC(CI)CO1. The van der Waals surface area contributed by atoms with Crippen molar-refractivity contribution in [3.05, 3.63) is 0 Å². The van der Waals surface area contributed by atoms with Crippen LogP contribution in [0, 0.1) is 5.92 Å². The maximum atomic E-state index is 5.44. The standard InChI is InChI=1S/C7H13IO2/c1-7(2)9-4-6(3-8)5-10-7/h6H,3-5H2,1-2H3. The topological polar surface area (TPSA) is 18.5 Å². The Morgan fingerprint density at radius 1 is 1.40 bits per heavy atom. The summed E-state index contributed by atoms with van der Waals surface area (Å²) in [6, 6.07) is 0. The van der Waals surface area contributed by atoms with Gasteiger partial charge < -0.3 is 9.47 Å². The molecule has 1 saturated heterocycles. The molecule has 1 fully saturated rings. The first-order valence-corrected chi connectivity index (χ1v) is 5.00. The number of hydrogen-bond donors (Lipinski definition) is 0. The summed E-state index contributed by atoms with van der Waals surface area (Å²) >= 11 is 2.36. The molecular formula is C7H13IO2. The minimum Gasteiger partial charge on any atom is -0.350 e. The summed E-state index contributed by atoms with van der Waals surface area (Å²) in [5, 5.41) is 0. The average Bonchev–Trinajstić information content (AvgIpc) is 1.88. The third-order valence-electron chi connectivity index (χ3n) is 1.55. The van der Waals surface area contributed by atoms with Crippen molar-refractivity contribution in [2.24, 2.45) is 5.92 Å². The van der Waals surface area contributed by atoms with E-state index in [1.807, 2.05) is 13.8 Å². The molecule has 0 aliphatic carbocycles. The van der Waals surface area contributed by atoms with Gasteiger partial charge in [0.2, 0.25) is 0 Å². The second-order valence-corrected chi connectivity index (χ2v) is 3.92. The maximum Gasteiger partial charge on any atom is 0.162 e. The predicted octanol–water partition coefficient (Wildman–Crippen LogP) is 1.82. The monoisotopic (exact) mass is 256 g/mol. The van der Waals surface area contributed by atoms with Gasteiger partial charge in [0.15, 0.2) is 5.79 Å². The number of rotatable bonds is 1. The fraction of sp³-hybridized carbons (Fsp3) is 1.00. The summed E-state index contributed by atoms with van der Waals surface area (Å²) in [5.74, 6) is 0.246. The minimum atomic E-state index is -0.345. The molecule has 1 rings (SSSR count). The Kier molecular flexibility index (Phi) is 2.94. The van der Waals surface area contributed by atoms with E-state index in [4.69, 9.17) is 9.47 Å². The van der Waals surface area contributed by atoms with E-state index in [9.17, 15) is 0 Å². The molecule has 0 spiro atoms. The zero-order chi connectivity index (χ0) is 7.61. The quantitative estimate of drug-likeness (QED) is 0.526. The molecular weight excluding hydrogens is 243 g/mol. The summed E-state index contributed by atoms with van der Waals surface area (Å²) in [4.78, 5) is 0. The van der Waals surface area contributed by atoms with Crippen molar-refractivity contribution in [3.8, 4) is 0 Å². The van der Waals surface area contributed by atoms with Gasteiger partial charge in [0.1, 0.15) is 0 Å². The van der Waals surface area contributed by atoms with Crippen molar-refractivity contribution in [1.82, 2.24) is 0 Å². The van der Waals surface area contributed by atoms with E-state index in [-0.39, 0.29) is 5.79 Å². The lowest BCUT2D eigenvalue weighted by Gasteiger charge is -2.34. The van der Waals surface area contributed by atoms with Crippen LogP contribution in [0.3, 0.4) is 0 Å². The van der Waals surface area contributed by atoms with Crippen molar-refractivity contribution in [1.29, 1.82) is 0 Å². The maximum absolute atomic E-state index is 5.44. The van der Waals surface area contributed by atoms with Crippen LogP contribution in [0.1, 0.15) is 13.8 Å². The lowest BCUT2D eigenvalue weighted by Crippen LogP contribution is -2.39. The van der Waals surface area contributed by atoms with E-state index in [0.717, 1.165) is 17.6 Å². The van der Waals surface area contributed by atoms with Gasteiger partial charge in [0, 0.05) is 10.3 Å². The molecule has 0 aromatic heterocycles. The van der Waals surface area contributed by atoms with Gasteiger partial charge in [-0.3, -0.25) is 0 Å². The summed E-state index contributed by atoms with van der Waals surface area (Å²) in [5.41, 5.74) is 0. The van der Waals surface area contributed by atoms with Crippen molar-refractivity contribution in [2.75, 3.05) is 17.6 Å². The first-order chi connectivity index (χ1) is 4.64. The first kappa shape index (κ1) is 8.74. The van der Waals surface area contributed by atoms with E-state index in [1.54, 1.807) is 0 Å². The summed E-state index contributed by atoms with van der Waals surface area (Å²) < 4.78 is 12.0. The summed E-state index contributed by atoms with van der Waals surface area (Å²) in [7, 11) is 0. The van der Waals surface area contributed by atoms with Crippen LogP contribution in [0.5, 0.6) is 0 Å². The lowest BCUT2D eigenvalue weighted by atomic mass is 10.2. The molecule has 1 heterocycles. The molecule has 0 bridgehead atoms. The summed E-state index contributed by atoms with van der Waals surface area (Å²) in [6.07, 6.45) is 0. The van der Waals surface area contributed by atoms with Gasteiger partial charge in [-0.15, -0.1) is 0 Å². The average molecular weight is 256 g/mol. The fourth-order valence-corrected chi connectivity index (χ4v) is 1.32. The predicted molar refractivity (Wildman–Crippen MR) is 48.4 cm³/mol. The highest BCUT2D eigenvalue weighted by molar-refractivity contribution is 14.1. The number of alkyl halides is 1. The van der Waals surface area contributed by atoms with Gasteiger partial charge in [-0.2, -0.15) is 0 Å². The molecule has 0 aromatic rings. The van der Waals surface area contributed by atoms with Crippen LogP contribution < -0.4 is 0 Å². The molecule has 3 heteroatoms. The minimum absolute atomic E-state index is 0.345. The Balaban J connectivity index is 2.31. The number of halogens is 1. The summed E-state index contributed by atoms with van der Waals surface area (Å²) in [6.45, 7) is 5.60. The molecule has 0 radical (unpaired) electrons. The second-order valence-electron chi connectivity index (χ2n) is 3.04.